The quantitative estimate of drug-likeness (QED) is 0.366. The van der Waals surface area contributed by atoms with Gasteiger partial charge in [-0.2, -0.15) is 0 Å². The zero-order valence-corrected chi connectivity index (χ0v) is 24.9. The van der Waals surface area contributed by atoms with Crippen LogP contribution in [0, 0.1) is 5.92 Å². The second kappa shape index (κ2) is 12.3. The predicted octanol–water partition coefficient (Wildman–Crippen LogP) is 3.28. The summed E-state index contributed by atoms with van der Waals surface area (Å²) in [4.78, 5) is 53.3. The van der Waals surface area contributed by atoms with E-state index in [0.717, 1.165) is 30.4 Å². The number of fused-ring (bicyclic) bond motifs is 2. The maximum Gasteiger partial charge on any atom is 0.266 e. The predicted molar refractivity (Wildman–Crippen MR) is 161 cm³/mol. The average molecular weight is 607 g/mol. The Balaban J connectivity index is 1.48. The number of para-hydroxylation sites is 1. The van der Waals surface area contributed by atoms with Crippen LogP contribution in [0.2, 0.25) is 0 Å². The fourth-order valence-electron chi connectivity index (χ4n) is 6.16. The molecular formula is C32H38N4O6S. The van der Waals surface area contributed by atoms with Crippen LogP contribution in [-0.4, -0.2) is 43.1 Å². The molecule has 4 N–H and O–H groups in total. The SMILES string of the molecule is C=C[C@@H]1C[C@@]12NC(=O)C1(CCc3ccccc3C1)NC(=O)CCCCCCCC(=O)Nc1ccccc1S(=O)(=O)NC2=O. The van der Waals surface area contributed by atoms with Gasteiger partial charge in [-0.1, -0.05) is 61.7 Å². The first-order valence-electron chi connectivity index (χ1n) is 14.9. The first kappa shape index (κ1) is 30.5. The fourth-order valence-corrected chi connectivity index (χ4v) is 7.37. The van der Waals surface area contributed by atoms with Crippen molar-refractivity contribution >= 4 is 39.3 Å². The number of hydrogen-bond acceptors (Lipinski definition) is 6. The highest BCUT2D eigenvalue weighted by molar-refractivity contribution is 7.90. The molecule has 228 valence electrons. The lowest BCUT2D eigenvalue weighted by molar-refractivity contribution is -0.137. The van der Waals surface area contributed by atoms with E-state index in [0.29, 0.717) is 25.7 Å². The molecule has 2 aromatic carbocycles. The van der Waals surface area contributed by atoms with Crippen LogP contribution >= 0.6 is 0 Å². The van der Waals surface area contributed by atoms with Crippen LogP contribution in [-0.2, 0) is 42.0 Å². The molecule has 2 aliphatic carbocycles. The molecule has 1 heterocycles. The van der Waals surface area contributed by atoms with Gasteiger partial charge in [-0.05, 0) is 55.4 Å². The molecule has 4 amide bonds. The van der Waals surface area contributed by atoms with Crippen LogP contribution in [0.4, 0.5) is 5.69 Å². The Morgan fingerprint density at radius 2 is 1.42 bits per heavy atom. The van der Waals surface area contributed by atoms with Crippen molar-refractivity contribution in [3.05, 3.63) is 72.3 Å². The van der Waals surface area contributed by atoms with Crippen molar-refractivity contribution in [3.63, 3.8) is 0 Å². The summed E-state index contributed by atoms with van der Waals surface area (Å²) in [6.45, 7) is 3.78. The average Bonchev–Trinajstić information content (AvgIpc) is 3.70. The topological polar surface area (TPSA) is 151 Å². The van der Waals surface area contributed by atoms with Gasteiger partial charge in [-0.15, -0.1) is 6.58 Å². The van der Waals surface area contributed by atoms with E-state index < -0.39 is 38.8 Å². The van der Waals surface area contributed by atoms with Crippen LogP contribution in [0.15, 0.2) is 66.1 Å². The van der Waals surface area contributed by atoms with E-state index in [1.54, 1.807) is 6.07 Å². The molecule has 1 saturated carbocycles. The van der Waals surface area contributed by atoms with Gasteiger partial charge in [0.05, 0.1) is 5.69 Å². The van der Waals surface area contributed by atoms with E-state index in [-0.39, 0.29) is 48.1 Å². The standard InChI is InChI=1S/C32H38N4O6S/c1-2-24-21-32(24)30(40)36-43(41,42)26-15-11-10-14-25(26)33-27(37)16-6-4-3-5-7-17-28(38)34-31(29(39)35-32)19-18-22-12-8-9-13-23(22)20-31/h2,8-15,24H,1,3-7,16-21H2,(H,33,37)(H,34,38)(H,35,39)(H,36,40)/t24-,31?,32-/m1/s1. The summed E-state index contributed by atoms with van der Waals surface area (Å²) in [5.41, 5.74) is -0.752. The minimum atomic E-state index is -4.44. The van der Waals surface area contributed by atoms with Gasteiger partial charge in [0, 0.05) is 25.2 Å². The van der Waals surface area contributed by atoms with Crippen molar-refractivity contribution in [3.8, 4) is 0 Å². The number of hydrogen-bond donors (Lipinski definition) is 4. The lowest BCUT2D eigenvalue weighted by Crippen LogP contribution is -2.65. The third-order valence-corrected chi connectivity index (χ3v) is 10.2. The number of sulfonamides is 1. The van der Waals surface area contributed by atoms with Crippen LogP contribution in [0.3, 0.4) is 0 Å². The summed E-state index contributed by atoms with van der Waals surface area (Å²) in [5, 5.41) is 8.53. The van der Waals surface area contributed by atoms with E-state index >= 15 is 0 Å². The van der Waals surface area contributed by atoms with Crippen molar-refractivity contribution in [2.45, 2.75) is 86.6 Å². The first-order chi connectivity index (χ1) is 20.6. The Morgan fingerprint density at radius 1 is 0.767 bits per heavy atom. The lowest BCUT2D eigenvalue weighted by Gasteiger charge is -2.39. The van der Waals surface area contributed by atoms with Crippen LogP contribution in [0.1, 0.15) is 68.9 Å². The normalized spacial score (nSPS) is 28.3. The number of benzene rings is 2. The Labute approximate surface area is 252 Å². The highest BCUT2D eigenvalue weighted by Gasteiger charge is 2.62. The minimum Gasteiger partial charge on any atom is -0.341 e. The summed E-state index contributed by atoms with van der Waals surface area (Å²) < 4.78 is 29.1. The molecule has 0 bridgehead atoms. The second-order valence-electron chi connectivity index (χ2n) is 11.8. The van der Waals surface area contributed by atoms with Crippen LogP contribution < -0.4 is 20.7 Å². The van der Waals surface area contributed by atoms with Gasteiger partial charge in [0.15, 0.2) is 0 Å². The molecule has 2 aromatic rings. The molecule has 1 unspecified atom stereocenters. The molecule has 0 saturated heterocycles. The largest absolute Gasteiger partial charge is 0.341 e. The van der Waals surface area contributed by atoms with Crippen molar-refractivity contribution in [1.29, 1.82) is 0 Å². The van der Waals surface area contributed by atoms with E-state index in [1.807, 2.05) is 24.3 Å². The number of carbonyl (C=O) groups excluding carboxylic acids is 4. The molecule has 3 atom stereocenters. The fraction of sp³-hybridized carbons (Fsp3) is 0.438. The molecule has 10 nitrogen and oxygen atoms in total. The molecule has 2 spiro atoms. The number of aryl methyl sites for hydroxylation is 1. The molecule has 0 radical (unpaired) electrons. The molecular weight excluding hydrogens is 568 g/mol. The summed E-state index contributed by atoms with van der Waals surface area (Å²) in [6, 6.07) is 13.6. The summed E-state index contributed by atoms with van der Waals surface area (Å²) in [6.07, 6.45) is 6.93. The molecule has 0 aromatic heterocycles. The monoisotopic (exact) mass is 606 g/mol. The third kappa shape index (κ3) is 6.51. The highest BCUT2D eigenvalue weighted by Crippen LogP contribution is 2.46. The molecule has 11 heteroatoms. The van der Waals surface area contributed by atoms with Crippen LogP contribution in [0.5, 0.6) is 0 Å². The number of amides is 4. The zero-order chi connectivity index (χ0) is 30.7. The summed E-state index contributed by atoms with van der Waals surface area (Å²) in [5.74, 6) is -2.53. The van der Waals surface area contributed by atoms with Crippen molar-refractivity contribution in [2.24, 2.45) is 5.92 Å². The van der Waals surface area contributed by atoms with Gasteiger partial charge in [0.2, 0.25) is 17.7 Å². The van der Waals surface area contributed by atoms with Gasteiger partial charge < -0.3 is 16.0 Å². The van der Waals surface area contributed by atoms with E-state index in [4.69, 9.17) is 0 Å². The van der Waals surface area contributed by atoms with Crippen molar-refractivity contribution < 1.29 is 27.6 Å². The smallest absolute Gasteiger partial charge is 0.266 e. The molecule has 3 aliphatic rings. The van der Waals surface area contributed by atoms with E-state index in [1.165, 1.54) is 24.3 Å². The molecule has 1 fully saturated rings. The highest BCUT2D eigenvalue weighted by atomic mass is 32.2. The van der Waals surface area contributed by atoms with Crippen molar-refractivity contribution in [1.82, 2.24) is 15.4 Å². The number of anilines is 1. The Kier molecular flexibility index (Phi) is 8.73. The number of carbonyl (C=O) groups is 4. The van der Waals surface area contributed by atoms with Gasteiger partial charge in [0.25, 0.3) is 15.9 Å². The maximum atomic E-state index is 14.1. The summed E-state index contributed by atoms with van der Waals surface area (Å²) >= 11 is 0. The zero-order valence-electron chi connectivity index (χ0n) is 24.1. The molecule has 5 rings (SSSR count). The van der Waals surface area contributed by atoms with Gasteiger partial charge in [-0.25, -0.2) is 13.1 Å². The third-order valence-electron chi connectivity index (χ3n) is 8.77. The number of rotatable bonds is 1. The second-order valence-corrected chi connectivity index (χ2v) is 13.4. The maximum absolute atomic E-state index is 14.1. The van der Waals surface area contributed by atoms with Gasteiger partial charge in [-0.3, -0.25) is 19.2 Å². The Bertz CT molecular complexity index is 1560. The summed E-state index contributed by atoms with van der Waals surface area (Å²) in [7, 11) is -4.44. The van der Waals surface area contributed by atoms with Crippen molar-refractivity contribution in [2.75, 3.05) is 5.32 Å². The lowest BCUT2D eigenvalue weighted by atomic mass is 9.76. The minimum absolute atomic E-state index is 0.0684. The molecule has 43 heavy (non-hydrogen) atoms. The van der Waals surface area contributed by atoms with Gasteiger partial charge >= 0.3 is 0 Å². The van der Waals surface area contributed by atoms with E-state index in [9.17, 15) is 27.6 Å². The molecule has 1 aliphatic heterocycles. The van der Waals surface area contributed by atoms with E-state index in [2.05, 4.69) is 27.3 Å². The number of nitrogens with one attached hydrogen (secondary N) is 4. The Morgan fingerprint density at radius 3 is 2.14 bits per heavy atom. The van der Waals surface area contributed by atoms with Gasteiger partial charge in [0.1, 0.15) is 16.0 Å². The Hall–Kier alpha value is -3.99. The van der Waals surface area contributed by atoms with Crippen LogP contribution in [0.25, 0.3) is 0 Å². The first-order valence-corrected chi connectivity index (χ1v) is 16.4.